The lowest BCUT2D eigenvalue weighted by Crippen LogP contribution is -2.34. The second-order valence-electron chi connectivity index (χ2n) is 3.98. The summed E-state index contributed by atoms with van der Waals surface area (Å²) >= 11 is 7.24. The third-order valence-electron chi connectivity index (χ3n) is 2.33. The van der Waals surface area contributed by atoms with Crippen molar-refractivity contribution in [2.24, 2.45) is 0 Å². The van der Waals surface area contributed by atoms with Crippen molar-refractivity contribution in [3.63, 3.8) is 0 Å². The van der Waals surface area contributed by atoms with E-state index in [1.54, 1.807) is 0 Å². The molecule has 3 nitrogen and oxygen atoms in total. The molecule has 1 fully saturated rings. The number of sulfonamides is 1. The van der Waals surface area contributed by atoms with Gasteiger partial charge in [0.05, 0.1) is 0 Å². The van der Waals surface area contributed by atoms with Gasteiger partial charge >= 0.3 is 0 Å². The van der Waals surface area contributed by atoms with Crippen LogP contribution in [0.15, 0.2) is 0 Å². The fourth-order valence-electron chi connectivity index (χ4n) is 1.35. The van der Waals surface area contributed by atoms with Crippen LogP contribution >= 0.6 is 23.4 Å². The molecule has 1 rings (SSSR count). The molecule has 1 heterocycles. The minimum absolute atomic E-state index is 0.177. The second-order valence-corrected chi connectivity index (χ2v) is 8.33. The Hall–Kier alpha value is 0.550. The minimum Gasteiger partial charge on any atom is -0.211 e. The van der Waals surface area contributed by atoms with Crippen LogP contribution in [-0.2, 0) is 10.0 Å². The Balaban J connectivity index is 2.68. The van der Waals surface area contributed by atoms with Crippen LogP contribution in [0.5, 0.6) is 0 Å². The van der Waals surface area contributed by atoms with Gasteiger partial charge in [0, 0.05) is 23.6 Å². The fraction of sp³-hybridized carbons (Fsp3) is 1.00. The summed E-state index contributed by atoms with van der Waals surface area (Å²) in [5, 5.41) is -0.307. The van der Waals surface area contributed by atoms with Crippen LogP contribution in [-0.4, -0.2) is 41.5 Å². The van der Waals surface area contributed by atoms with Gasteiger partial charge in [-0.3, -0.25) is 0 Å². The van der Waals surface area contributed by atoms with Crippen molar-refractivity contribution in [3.8, 4) is 0 Å². The Morgan fingerprint density at radius 3 is 2.64 bits per heavy atom. The summed E-state index contributed by atoms with van der Waals surface area (Å²) in [6.45, 7) is 5.47. The highest BCUT2D eigenvalue weighted by Crippen LogP contribution is 2.31. The molecular weight excluding hydrogens is 242 g/mol. The molecule has 0 amide bonds. The predicted octanol–water partition coefficient (Wildman–Crippen LogP) is 1.73. The van der Waals surface area contributed by atoms with Crippen LogP contribution < -0.4 is 0 Å². The Morgan fingerprint density at radius 2 is 2.07 bits per heavy atom. The van der Waals surface area contributed by atoms with Gasteiger partial charge in [-0.15, -0.1) is 11.6 Å². The van der Waals surface area contributed by atoms with Gasteiger partial charge in [-0.1, -0.05) is 13.8 Å². The molecule has 0 spiro atoms. The monoisotopic (exact) mass is 257 g/mol. The molecule has 0 aromatic heterocycles. The molecule has 1 aliphatic rings. The molecular formula is C8H16ClNO2S2. The number of rotatable bonds is 2. The second kappa shape index (κ2) is 4.60. The van der Waals surface area contributed by atoms with Gasteiger partial charge in [-0.25, -0.2) is 12.7 Å². The van der Waals surface area contributed by atoms with E-state index in [0.29, 0.717) is 13.1 Å². The summed E-state index contributed by atoms with van der Waals surface area (Å²) in [5.41, 5.74) is 0. The molecule has 1 aliphatic heterocycles. The first kappa shape index (κ1) is 12.6. The Labute approximate surface area is 95.2 Å². The lowest BCUT2D eigenvalue weighted by atomic mass is 10.1. The van der Waals surface area contributed by atoms with E-state index < -0.39 is 10.0 Å². The summed E-state index contributed by atoms with van der Waals surface area (Å²) < 4.78 is 24.7. The fourth-order valence-corrected chi connectivity index (χ4v) is 3.86. The number of hydrogen-bond donors (Lipinski definition) is 0. The van der Waals surface area contributed by atoms with E-state index in [0.717, 1.165) is 12.2 Å². The van der Waals surface area contributed by atoms with Gasteiger partial charge in [-0.05, 0) is 6.42 Å². The summed E-state index contributed by atoms with van der Waals surface area (Å²) in [6.07, 6.45) is 0.883. The maximum Gasteiger partial charge on any atom is 0.228 e. The van der Waals surface area contributed by atoms with Gasteiger partial charge in [-0.2, -0.15) is 11.8 Å². The highest BCUT2D eigenvalue weighted by atomic mass is 35.5. The maximum atomic E-state index is 11.5. The molecule has 6 heteroatoms. The zero-order valence-electron chi connectivity index (χ0n) is 8.49. The average molecular weight is 258 g/mol. The van der Waals surface area contributed by atoms with Crippen LogP contribution in [0.4, 0.5) is 0 Å². The van der Waals surface area contributed by atoms with E-state index in [-0.39, 0.29) is 9.96 Å². The highest BCUT2D eigenvalue weighted by molar-refractivity contribution is 8.00. The first-order valence-electron chi connectivity index (χ1n) is 4.55. The van der Waals surface area contributed by atoms with Crippen molar-refractivity contribution in [1.82, 2.24) is 4.31 Å². The molecule has 1 saturated heterocycles. The summed E-state index contributed by atoms with van der Waals surface area (Å²) in [7, 11) is -3.21. The van der Waals surface area contributed by atoms with Crippen LogP contribution in [0.2, 0.25) is 0 Å². The van der Waals surface area contributed by atoms with Crippen molar-refractivity contribution >= 4 is 33.4 Å². The molecule has 0 radical (unpaired) electrons. The average Bonchev–Trinajstić information content (AvgIpc) is 2.26. The summed E-state index contributed by atoms with van der Waals surface area (Å²) in [5.74, 6) is 0.850. The van der Waals surface area contributed by atoms with E-state index in [1.165, 1.54) is 4.31 Å². The topological polar surface area (TPSA) is 37.4 Å². The molecule has 0 aromatic carbocycles. The molecule has 0 unspecified atom stereocenters. The molecule has 84 valence electrons. The Bertz CT molecular complexity index is 290. The van der Waals surface area contributed by atoms with Crippen molar-refractivity contribution in [1.29, 1.82) is 0 Å². The number of alkyl halides is 1. The van der Waals surface area contributed by atoms with Gasteiger partial charge in [0.1, 0.15) is 5.21 Å². The third kappa shape index (κ3) is 3.29. The number of hydrogen-bond acceptors (Lipinski definition) is 3. The number of halogens is 1. The highest BCUT2D eigenvalue weighted by Gasteiger charge is 2.28. The van der Waals surface area contributed by atoms with Crippen LogP contribution in [0.3, 0.4) is 0 Å². The van der Waals surface area contributed by atoms with Crippen LogP contribution in [0.1, 0.15) is 20.3 Å². The minimum atomic E-state index is -3.21. The van der Waals surface area contributed by atoms with Gasteiger partial charge < -0.3 is 0 Å². The van der Waals surface area contributed by atoms with Crippen molar-refractivity contribution in [3.05, 3.63) is 0 Å². The van der Waals surface area contributed by atoms with E-state index in [9.17, 15) is 8.42 Å². The van der Waals surface area contributed by atoms with Gasteiger partial charge in [0.15, 0.2) is 0 Å². The maximum absolute atomic E-state index is 11.5. The quantitative estimate of drug-likeness (QED) is 0.707. The molecule has 0 aliphatic carbocycles. The first-order chi connectivity index (χ1) is 6.37. The standard InChI is InChI=1S/C8H16ClNO2S2/c1-8(2)3-4-10(5-6-13-8)14(11,12)7-9/h3-7H2,1-2H3. The normalized spacial score (nSPS) is 24.5. The molecule has 14 heavy (non-hydrogen) atoms. The van der Waals surface area contributed by atoms with Crippen LogP contribution in [0, 0.1) is 0 Å². The van der Waals surface area contributed by atoms with E-state index in [4.69, 9.17) is 11.6 Å². The van der Waals surface area contributed by atoms with Crippen molar-refractivity contribution in [2.75, 3.05) is 24.1 Å². The molecule has 0 bridgehead atoms. The van der Waals surface area contributed by atoms with E-state index >= 15 is 0 Å². The number of nitrogens with zero attached hydrogens (tertiary/aromatic N) is 1. The van der Waals surface area contributed by atoms with E-state index in [2.05, 4.69) is 13.8 Å². The van der Waals surface area contributed by atoms with Gasteiger partial charge in [0.2, 0.25) is 10.0 Å². The lowest BCUT2D eigenvalue weighted by Gasteiger charge is -2.21. The predicted molar refractivity (Wildman–Crippen MR) is 62.4 cm³/mol. The Kier molecular flexibility index (Phi) is 4.14. The zero-order chi connectivity index (χ0) is 10.8. The smallest absolute Gasteiger partial charge is 0.211 e. The summed E-state index contributed by atoms with van der Waals surface area (Å²) in [6, 6.07) is 0. The summed E-state index contributed by atoms with van der Waals surface area (Å²) in [4.78, 5) is 0. The lowest BCUT2D eigenvalue weighted by molar-refractivity contribution is 0.418. The molecule has 0 N–H and O–H groups in total. The Morgan fingerprint density at radius 1 is 1.43 bits per heavy atom. The van der Waals surface area contributed by atoms with Gasteiger partial charge in [0.25, 0.3) is 0 Å². The van der Waals surface area contributed by atoms with Crippen molar-refractivity contribution in [2.45, 2.75) is 25.0 Å². The molecule has 0 atom stereocenters. The van der Waals surface area contributed by atoms with Crippen LogP contribution in [0.25, 0.3) is 0 Å². The molecule has 0 saturated carbocycles. The largest absolute Gasteiger partial charge is 0.228 e. The molecule has 0 aromatic rings. The zero-order valence-corrected chi connectivity index (χ0v) is 10.9. The van der Waals surface area contributed by atoms with Crippen molar-refractivity contribution < 1.29 is 8.42 Å². The third-order valence-corrected chi connectivity index (χ3v) is 5.96. The number of thioether (sulfide) groups is 1. The SMILES string of the molecule is CC1(C)CCN(S(=O)(=O)CCl)CCS1. The first-order valence-corrected chi connectivity index (χ1v) is 7.68. The van der Waals surface area contributed by atoms with E-state index in [1.807, 2.05) is 11.8 Å².